The highest BCUT2D eigenvalue weighted by molar-refractivity contribution is 5.83. The number of carbonyl (C=O) groups excluding carboxylic acids is 1. The summed E-state index contributed by atoms with van der Waals surface area (Å²) in [5.41, 5.74) is 2.67. The van der Waals surface area contributed by atoms with Crippen molar-refractivity contribution in [1.29, 1.82) is 0 Å². The van der Waals surface area contributed by atoms with Crippen LogP contribution in [0.5, 0.6) is 5.75 Å². The van der Waals surface area contributed by atoms with E-state index in [1.165, 1.54) is 11.1 Å². The Bertz CT molecular complexity index is 482. The van der Waals surface area contributed by atoms with Crippen molar-refractivity contribution in [3.8, 4) is 5.75 Å². The third-order valence-electron chi connectivity index (χ3n) is 3.85. The van der Waals surface area contributed by atoms with Crippen LogP contribution in [0.2, 0.25) is 0 Å². The first kappa shape index (κ1) is 12.5. The predicted octanol–water partition coefficient (Wildman–Crippen LogP) is 1.46. The Hall–Kier alpha value is -1.55. The fraction of sp³-hybridized carbons (Fsp3) is 0.533. The quantitative estimate of drug-likeness (QED) is 0.662. The van der Waals surface area contributed by atoms with Gasteiger partial charge in [-0.05, 0) is 48.9 Å². The Balaban J connectivity index is 1.71. The Morgan fingerprint density at radius 1 is 1.42 bits per heavy atom. The lowest BCUT2D eigenvalue weighted by atomic mass is 10.0. The number of ether oxygens (including phenoxy) is 2. The van der Waals surface area contributed by atoms with Crippen LogP contribution in [-0.2, 0) is 22.4 Å². The smallest absolute Gasteiger partial charge is 0.251 e. The number of hydrogen-bond acceptors (Lipinski definition) is 3. The maximum Gasteiger partial charge on any atom is 0.251 e. The zero-order chi connectivity index (χ0) is 13.2. The summed E-state index contributed by atoms with van der Waals surface area (Å²) in [7, 11) is 1.69. The molecular formula is C15H19NO3. The molecule has 1 aromatic carbocycles. The Morgan fingerprint density at radius 3 is 3.00 bits per heavy atom. The van der Waals surface area contributed by atoms with Gasteiger partial charge in [0.05, 0.1) is 13.7 Å². The normalized spacial score (nSPS) is 25.1. The van der Waals surface area contributed by atoms with Gasteiger partial charge >= 0.3 is 0 Å². The van der Waals surface area contributed by atoms with Crippen LogP contribution >= 0.6 is 0 Å². The molecule has 0 radical (unpaired) electrons. The molecule has 0 bridgehead atoms. The van der Waals surface area contributed by atoms with Crippen molar-refractivity contribution in [3.63, 3.8) is 0 Å². The lowest BCUT2D eigenvalue weighted by Crippen LogP contribution is -2.38. The van der Waals surface area contributed by atoms with Crippen LogP contribution in [0.1, 0.15) is 24.0 Å². The average Bonchev–Trinajstić information content (AvgIpc) is 3.24. The molecule has 0 aromatic heterocycles. The number of rotatable bonds is 3. The van der Waals surface area contributed by atoms with Crippen molar-refractivity contribution in [2.24, 2.45) is 0 Å². The van der Waals surface area contributed by atoms with Crippen LogP contribution < -0.4 is 10.1 Å². The summed E-state index contributed by atoms with van der Waals surface area (Å²) in [6.45, 7) is 0.576. The van der Waals surface area contributed by atoms with Gasteiger partial charge in [0.2, 0.25) is 0 Å². The fourth-order valence-electron chi connectivity index (χ4n) is 2.68. The third kappa shape index (κ3) is 2.89. The molecule has 0 spiro atoms. The summed E-state index contributed by atoms with van der Waals surface area (Å²) >= 11 is 0. The van der Waals surface area contributed by atoms with Gasteiger partial charge in [-0.25, -0.2) is 0 Å². The van der Waals surface area contributed by atoms with E-state index in [2.05, 4.69) is 17.4 Å². The first-order valence-electron chi connectivity index (χ1n) is 6.84. The Kier molecular flexibility index (Phi) is 3.42. The number of benzene rings is 1. The van der Waals surface area contributed by atoms with Gasteiger partial charge in [-0.3, -0.25) is 4.79 Å². The maximum atomic E-state index is 11.7. The van der Waals surface area contributed by atoms with E-state index in [0.29, 0.717) is 6.61 Å². The van der Waals surface area contributed by atoms with Crippen molar-refractivity contribution in [2.45, 2.75) is 37.8 Å². The molecule has 1 heterocycles. The first-order valence-corrected chi connectivity index (χ1v) is 6.84. The zero-order valence-electron chi connectivity index (χ0n) is 11.1. The van der Waals surface area contributed by atoms with E-state index < -0.39 is 0 Å². The second-order valence-electron chi connectivity index (χ2n) is 5.26. The highest BCUT2D eigenvalue weighted by atomic mass is 16.6. The van der Waals surface area contributed by atoms with E-state index in [1.54, 1.807) is 7.11 Å². The number of fused-ring (bicyclic) bond motifs is 1. The third-order valence-corrected chi connectivity index (χ3v) is 3.85. The summed E-state index contributed by atoms with van der Waals surface area (Å²) in [6, 6.07) is 6.45. The lowest BCUT2D eigenvalue weighted by Gasteiger charge is -2.16. The molecule has 1 amide bonds. The predicted molar refractivity (Wildman–Crippen MR) is 71.3 cm³/mol. The van der Waals surface area contributed by atoms with Crippen LogP contribution in [0, 0.1) is 0 Å². The number of aryl methyl sites for hydroxylation is 1. The van der Waals surface area contributed by atoms with E-state index in [9.17, 15) is 4.79 Å². The van der Waals surface area contributed by atoms with Crippen LogP contribution in [0.3, 0.4) is 0 Å². The highest BCUT2D eigenvalue weighted by Gasteiger charge is 2.32. The molecule has 102 valence electrons. The van der Waals surface area contributed by atoms with Crippen molar-refractivity contribution in [2.75, 3.05) is 13.7 Å². The largest absolute Gasteiger partial charge is 0.497 e. The minimum atomic E-state index is -0.196. The monoisotopic (exact) mass is 261 g/mol. The molecule has 0 saturated carbocycles. The minimum Gasteiger partial charge on any atom is -0.497 e. The summed E-state index contributed by atoms with van der Waals surface area (Å²) in [5.74, 6) is 0.953. The summed E-state index contributed by atoms with van der Waals surface area (Å²) in [6.07, 6.45) is 3.88. The van der Waals surface area contributed by atoms with Gasteiger partial charge in [0, 0.05) is 6.04 Å². The van der Waals surface area contributed by atoms with Gasteiger partial charge < -0.3 is 14.8 Å². The van der Waals surface area contributed by atoms with Crippen molar-refractivity contribution in [3.05, 3.63) is 29.3 Å². The van der Waals surface area contributed by atoms with E-state index in [1.807, 2.05) is 6.07 Å². The van der Waals surface area contributed by atoms with Gasteiger partial charge in [0.15, 0.2) is 6.10 Å². The van der Waals surface area contributed by atoms with Crippen molar-refractivity contribution in [1.82, 2.24) is 5.32 Å². The molecule has 1 aliphatic carbocycles. The average molecular weight is 261 g/mol. The second-order valence-corrected chi connectivity index (χ2v) is 5.26. The molecule has 3 rings (SSSR count). The first-order chi connectivity index (χ1) is 9.26. The van der Waals surface area contributed by atoms with Crippen molar-refractivity contribution < 1.29 is 14.3 Å². The highest BCUT2D eigenvalue weighted by Crippen LogP contribution is 2.25. The van der Waals surface area contributed by atoms with Crippen LogP contribution in [0.15, 0.2) is 18.2 Å². The number of methoxy groups -OCH3 is 1. The van der Waals surface area contributed by atoms with Gasteiger partial charge in [-0.2, -0.15) is 0 Å². The summed E-state index contributed by atoms with van der Waals surface area (Å²) in [4.78, 5) is 11.7. The lowest BCUT2D eigenvalue weighted by molar-refractivity contribution is -0.123. The molecule has 2 unspecified atom stereocenters. The number of hydrogen-bond donors (Lipinski definition) is 1. The zero-order valence-corrected chi connectivity index (χ0v) is 11.1. The minimum absolute atomic E-state index is 0.0435. The standard InChI is InChI=1S/C15H19NO3/c1-18-13-6-5-11-7-12(4-2-3-10(11)8-13)16-15(17)14-9-19-14/h5-6,8,12,14H,2-4,7,9H2,1H3,(H,16,17). The van der Waals surface area contributed by atoms with E-state index >= 15 is 0 Å². The number of nitrogens with one attached hydrogen (secondary N) is 1. The molecule has 2 aliphatic rings. The summed E-state index contributed by atoms with van der Waals surface area (Å²) < 4.78 is 10.3. The van der Waals surface area contributed by atoms with Crippen molar-refractivity contribution >= 4 is 5.91 Å². The van der Waals surface area contributed by atoms with E-state index in [0.717, 1.165) is 31.4 Å². The molecule has 2 atom stereocenters. The number of amides is 1. The van der Waals surface area contributed by atoms with E-state index in [4.69, 9.17) is 9.47 Å². The van der Waals surface area contributed by atoms with E-state index in [-0.39, 0.29) is 18.1 Å². The maximum absolute atomic E-state index is 11.7. The number of carbonyl (C=O) groups is 1. The van der Waals surface area contributed by atoms with Crippen LogP contribution in [0.25, 0.3) is 0 Å². The van der Waals surface area contributed by atoms with Gasteiger partial charge in [0.1, 0.15) is 5.75 Å². The van der Waals surface area contributed by atoms with Gasteiger partial charge in [-0.15, -0.1) is 0 Å². The molecular weight excluding hydrogens is 242 g/mol. The fourth-order valence-corrected chi connectivity index (χ4v) is 2.68. The van der Waals surface area contributed by atoms with Gasteiger partial charge in [-0.1, -0.05) is 6.07 Å². The second kappa shape index (κ2) is 5.21. The van der Waals surface area contributed by atoms with Crippen LogP contribution in [0.4, 0.5) is 0 Å². The molecule has 1 fully saturated rings. The summed E-state index contributed by atoms with van der Waals surface area (Å²) in [5, 5.41) is 3.10. The number of epoxide rings is 1. The molecule has 1 saturated heterocycles. The molecule has 4 heteroatoms. The molecule has 1 aliphatic heterocycles. The molecule has 19 heavy (non-hydrogen) atoms. The molecule has 1 aromatic rings. The molecule has 4 nitrogen and oxygen atoms in total. The van der Waals surface area contributed by atoms with Gasteiger partial charge in [0.25, 0.3) is 5.91 Å². The molecule has 1 N–H and O–H groups in total. The SMILES string of the molecule is COc1ccc2c(c1)CCCC(NC(=O)C1CO1)C2. The Morgan fingerprint density at radius 2 is 2.26 bits per heavy atom. The Labute approximate surface area is 113 Å². The van der Waals surface area contributed by atoms with Crippen LogP contribution in [-0.4, -0.2) is 31.8 Å². The topological polar surface area (TPSA) is 50.9 Å².